The summed E-state index contributed by atoms with van der Waals surface area (Å²) in [5.74, 6) is 0.275. The van der Waals surface area contributed by atoms with Crippen molar-refractivity contribution in [2.45, 2.75) is 26.8 Å². The van der Waals surface area contributed by atoms with Crippen molar-refractivity contribution >= 4 is 34.3 Å². The number of carbonyl (C=O) groups is 1. The summed E-state index contributed by atoms with van der Waals surface area (Å²) in [5.41, 5.74) is 4.50. The fourth-order valence-corrected chi connectivity index (χ4v) is 4.63. The summed E-state index contributed by atoms with van der Waals surface area (Å²) >= 11 is 0. The van der Waals surface area contributed by atoms with Crippen LogP contribution in [0.15, 0.2) is 42.5 Å². The van der Waals surface area contributed by atoms with Gasteiger partial charge in [0.2, 0.25) is 17.8 Å². The molecule has 1 fully saturated rings. The van der Waals surface area contributed by atoms with Gasteiger partial charge in [-0.2, -0.15) is 0 Å². The van der Waals surface area contributed by atoms with Gasteiger partial charge in [0.25, 0.3) is 0 Å². The van der Waals surface area contributed by atoms with E-state index in [9.17, 15) is 4.79 Å². The van der Waals surface area contributed by atoms with Gasteiger partial charge >= 0.3 is 0 Å². The van der Waals surface area contributed by atoms with Crippen LogP contribution in [0.4, 0.5) is 11.6 Å². The predicted molar refractivity (Wildman–Crippen MR) is 151 cm³/mol. The fourth-order valence-electron chi connectivity index (χ4n) is 4.63. The maximum Gasteiger partial charge on any atom is 0.241 e. The predicted octanol–water partition coefficient (Wildman–Crippen LogP) is 2.99. The van der Waals surface area contributed by atoms with Gasteiger partial charge in [-0.15, -0.1) is 0 Å². The summed E-state index contributed by atoms with van der Waals surface area (Å²) < 4.78 is 5.04. The van der Waals surface area contributed by atoms with Crippen LogP contribution in [0.25, 0.3) is 22.2 Å². The van der Waals surface area contributed by atoms with E-state index in [-0.39, 0.29) is 17.8 Å². The molecule has 11 nitrogen and oxygen atoms in total. The lowest BCUT2D eigenvalue weighted by atomic mass is 10.1. The molecule has 1 aliphatic heterocycles. The van der Waals surface area contributed by atoms with Crippen molar-refractivity contribution in [1.82, 2.24) is 30.1 Å². The second-order valence-electron chi connectivity index (χ2n) is 9.30. The molecule has 0 bridgehead atoms. The van der Waals surface area contributed by atoms with Gasteiger partial charge in [0, 0.05) is 62.8 Å². The van der Waals surface area contributed by atoms with Crippen molar-refractivity contribution < 1.29 is 9.53 Å². The molecule has 1 saturated heterocycles. The summed E-state index contributed by atoms with van der Waals surface area (Å²) in [6, 6.07) is 5.63. The van der Waals surface area contributed by atoms with Gasteiger partial charge in [0.15, 0.2) is 0 Å². The first kappa shape index (κ1) is 27.1. The number of ether oxygens (including phenoxy) is 1. The third-order valence-electron chi connectivity index (χ3n) is 6.97. The van der Waals surface area contributed by atoms with E-state index in [2.05, 4.69) is 42.6 Å². The van der Waals surface area contributed by atoms with Crippen molar-refractivity contribution in [2.24, 2.45) is 0 Å². The Balaban J connectivity index is 1.57. The van der Waals surface area contributed by atoms with Crippen molar-refractivity contribution in [3.05, 3.63) is 48.1 Å². The smallest absolute Gasteiger partial charge is 0.241 e. The van der Waals surface area contributed by atoms with Crippen molar-refractivity contribution in [3.8, 4) is 11.3 Å². The molecule has 0 radical (unpaired) electrons. The van der Waals surface area contributed by atoms with Crippen LogP contribution in [0.2, 0.25) is 0 Å². The monoisotopic (exact) mass is 519 g/mol. The maximum absolute atomic E-state index is 13.2. The number of methoxy groups -OCH3 is 1. The van der Waals surface area contributed by atoms with Gasteiger partial charge in [-0.25, -0.2) is 9.97 Å². The van der Waals surface area contributed by atoms with Gasteiger partial charge in [0.1, 0.15) is 5.70 Å². The number of carbonyl (C=O) groups excluding carboxylic acids is 1. The number of amides is 1. The highest BCUT2D eigenvalue weighted by atomic mass is 16.5. The molecule has 202 valence electrons. The third kappa shape index (κ3) is 5.79. The number of benzene rings is 1. The van der Waals surface area contributed by atoms with E-state index in [1.807, 2.05) is 38.2 Å². The van der Waals surface area contributed by atoms with E-state index in [0.717, 1.165) is 66.1 Å². The number of likely N-dealkylation sites (N-methyl/N-ethyl adjacent to an activating group) is 1. The minimum atomic E-state index is -0.220. The van der Waals surface area contributed by atoms with Gasteiger partial charge in [-0.05, 0) is 32.0 Å². The van der Waals surface area contributed by atoms with Crippen LogP contribution in [0.5, 0.6) is 0 Å². The molecule has 1 unspecified atom stereocenters. The normalized spacial score (nSPS) is 15.8. The van der Waals surface area contributed by atoms with Crippen molar-refractivity contribution in [2.75, 3.05) is 57.5 Å². The van der Waals surface area contributed by atoms with E-state index in [4.69, 9.17) is 15.1 Å². The van der Waals surface area contributed by atoms with E-state index in [1.165, 1.54) is 7.11 Å². The van der Waals surface area contributed by atoms with Crippen LogP contribution in [0.1, 0.15) is 19.4 Å². The van der Waals surface area contributed by atoms with Gasteiger partial charge in [-0.1, -0.05) is 19.1 Å². The minimum absolute atomic E-state index is 0.0206. The van der Waals surface area contributed by atoms with E-state index < -0.39 is 0 Å². The Morgan fingerprint density at radius 2 is 2.03 bits per heavy atom. The molecule has 4 rings (SSSR count). The third-order valence-corrected chi connectivity index (χ3v) is 6.97. The lowest BCUT2D eigenvalue weighted by Crippen LogP contribution is -2.52. The lowest BCUT2D eigenvalue weighted by Gasteiger charge is -2.36. The standard InChI is InChI=1S/C27H37N9O2/c1-6-35-10-12-36(13-11-35)18(3)26(37)32-21-9-7-8-19-20(15-30-24(19)21)23-17(2)14-31-27(34-23)33-22(16-29-4)25(28)38-5/h7-9,14-16,18,28-30H,6,10-13H2,1-5H3,(H,32,37)(H,31,33,34)/b22-16+,28-25?. The summed E-state index contributed by atoms with van der Waals surface area (Å²) in [5, 5.41) is 18.0. The molecular formula is C27H37N9O2. The van der Waals surface area contributed by atoms with Crippen LogP contribution < -0.4 is 16.0 Å². The zero-order valence-corrected chi connectivity index (χ0v) is 22.7. The molecule has 0 aliphatic carbocycles. The number of hydrogen-bond acceptors (Lipinski definition) is 9. The number of H-pyrrole nitrogens is 1. The average molecular weight is 520 g/mol. The summed E-state index contributed by atoms with van der Waals surface area (Å²) in [4.78, 5) is 30.3. The van der Waals surface area contributed by atoms with E-state index >= 15 is 0 Å². The van der Waals surface area contributed by atoms with Crippen molar-refractivity contribution in [3.63, 3.8) is 0 Å². The Bertz CT molecular complexity index is 1330. The highest BCUT2D eigenvalue weighted by molar-refractivity contribution is 6.06. The first-order valence-electron chi connectivity index (χ1n) is 12.8. The zero-order chi connectivity index (χ0) is 27.2. The molecule has 1 amide bonds. The molecule has 1 atom stereocenters. The van der Waals surface area contributed by atoms with E-state index in [1.54, 1.807) is 19.4 Å². The molecule has 0 spiro atoms. The van der Waals surface area contributed by atoms with Crippen LogP contribution in [-0.2, 0) is 9.53 Å². The first-order valence-corrected chi connectivity index (χ1v) is 12.8. The lowest BCUT2D eigenvalue weighted by molar-refractivity contribution is -0.121. The Morgan fingerprint density at radius 3 is 2.71 bits per heavy atom. The van der Waals surface area contributed by atoms with Gasteiger partial charge < -0.3 is 30.6 Å². The average Bonchev–Trinajstić information content (AvgIpc) is 3.38. The molecule has 5 N–H and O–H groups in total. The molecule has 3 aromatic rings. The quantitative estimate of drug-likeness (QED) is 0.215. The number of rotatable bonds is 9. The molecular weight excluding hydrogens is 482 g/mol. The first-order chi connectivity index (χ1) is 18.4. The SMILES string of the molecule is CCN1CCN(C(C)C(=O)Nc2cccc3c(-c4nc(N/C(=C/NC)C(=N)OC)ncc4C)c[nH]c23)CC1. The number of fused-ring (bicyclic) bond motifs is 1. The van der Waals surface area contributed by atoms with Gasteiger partial charge in [0.05, 0.1) is 30.0 Å². The number of aromatic amines is 1. The molecule has 0 saturated carbocycles. The van der Waals surface area contributed by atoms with Crippen molar-refractivity contribution in [1.29, 1.82) is 5.41 Å². The van der Waals surface area contributed by atoms with E-state index in [0.29, 0.717) is 11.6 Å². The topological polar surface area (TPSA) is 134 Å². The number of aryl methyl sites for hydroxylation is 1. The minimum Gasteiger partial charge on any atom is -0.480 e. The molecule has 1 aromatic carbocycles. The maximum atomic E-state index is 13.2. The molecule has 2 aromatic heterocycles. The summed E-state index contributed by atoms with van der Waals surface area (Å²) in [7, 11) is 3.17. The van der Waals surface area contributed by atoms with Gasteiger partial charge in [-0.3, -0.25) is 15.1 Å². The summed E-state index contributed by atoms with van der Waals surface area (Å²) in [6.45, 7) is 10.9. The number of aromatic nitrogens is 3. The van der Waals surface area contributed by atoms with Crippen LogP contribution in [0, 0.1) is 12.3 Å². The highest BCUT2D eigenvalue weighted by Gasteiger charge is 2.25. The number of para-hydroxylation sites is 1. The second kappa shape index (κ2) is 12.1. The number of nitrogens with zero attached hydrogens (tertiary/aromatic N) is 4. The van der Waals surface area contributed by atoms with Crippen LogP contribution in [0.3, 0.4) is 0 Å². The number of anilines is 2. The molecule has 1 aliphatic rings. The Morgan fingerprint density at radius 1 is 1.26 bits per heavy atom. The Hall–Kier alpha value is -3.96. The Labute approximate surface area is 223 Å². The molecule has 11 heteroatoms. The van der Waals surface area contributed by atoms with Crippen LogP contribution >= 0.6 is 0 Å². The molecule has 38 heavy (non-hydrogen) atoms. The Kier molecular flexibility index (Phi) is 8.59. The largest absolute Gasteiger partial charge is 0.480 e. The second-order valence-corrected chi connectivity index (χ2v) is 9.30. The fraction of sp³-hybridized carbons (Fsp3) is 0.407. The zero-order valence-electron chi connectivity index (χ0n) is 22.7. The summed E-state index contributed by atoms with van der Waals surface area (Å²) in [6.07, 6.45) is 5.25. The highest BCUT2D eigenvalue weighted by Crippen LogP contribution is 2.33. The molecule has 3 heterocycles. The number of nitrogens with one attached hydrogen (secondary N) is 5. The van der Waals surface area contributed by atoms with Crippen LogP contribution in [-0.4, -0.2) is 89.5 Å². The number of piperazine rings is 1. The number of hydrogen-bond donors (Lipinski definition) is 5.